The van der Waals surface area contributed by atoms with Crippen molar-refractivity contribution in [1.82, 2.24) is 29.7 Å². The predicted octanol–water partition coefficient (Wildman–Crippen LogP) is 5.39. The summed E-state index contributed by atoms with van der Waals surface area (Å²) >= 11 is 0. The Morgan fingerprint density at radius 2 is 1.86 bits per heavy atom. The van der Waals surface area contributed by atoms with E-state index in [9.17, 15) is 18.0 Å². The van der Waals surface area contributed by atoms with Crippen LogP contribution in [-0.2, 0) is 12.7 Å². The summed E-state index contributed by atoms with van der Waals surface area (Å²) in [4.78, 5) is 34.1. The first-order chi connectivity index (χ1) is 20.1. The van der Waals surface area contributed by atoms with E-state index in [-0.39, 0.29) is 23.7 Å². The third kappa shape index (κ3) is 6.89. The van der Waals surface area contributed by atoms with Gasteiger partial charge in [-0.1, -0.05) is 12.1 Å². The van der Waals surface area contributed by atoms with Crippen molar-refractivity contribution in [3.8, 4) is 11.3 Å². The predicted molar refractivity (Wildman–Crippen MR) is 154 cm³/mol. The van der Waals surface area contributed by atoms with E-state index in [1.165, 1.54) is 18.5 Å². The van der Waals surface area contributed by atoms with Crippen molar-refractivity contribution < 1.29 is 18.0 Å². The lowest BCUT2D eigenvalue weighted by atomic mass is 10.0. The molecule has 1 aliphatic rings. The maximum Gasteiger partial charge on any atom is 0.416 e. The van der Waals surface area contributed by atoms with Crippen LogP contribution in [0.5, 0.6) is 0 Å². The van der Waals surface area contributed by atoms with Crippen LogP contribution in [-0.4, -0.2) is 68.4 Å². The van der Waals surface area contributed by atoms with Gasteiger partial charge < -0.3 is 15.5 Å². The second-order valence-corrected chi connectivity index (χ2v) is 10.4. The number of hydrogen-bond donors (Lipinski definition) is 2. The fourth-order valence-corrected chi connectivity index (χ4v) is 4.80. The minimum atomic E-state index is -4.59. The molecule has 4 aromatic rings. The van der Waals surface area contributed by atoms with E-state index in [0.717, 1.165) is 23.7 Å². The zero-order chi connectivity index (χ0) is 29.9. The topological polar surface area (TPSA) is 99.2 Å². The number of aryl methyl sites for hydroxylation is 1. The molecule has 2 N–H and O–H groups in total. The molecule has 0 spiro atoms. The van der Waals surface area contributed by atoms with Crippen molar-refractivity contribution >= 4 is 23.2 Å². The molecular formula is C30H31F3N8O. The molecule has 2 aromatic carbocycles. The van der Waals surface area contributed by atoms with Gasteiger partial charge in [-0.3, -0.25) is 9.69 Å². The van der Waals surface area contributed by atoms with E-state index >= 15 is 0 Å². The highest BCUT2D eigenvalue weighted by Crippen LogP contribution is 2.34. The number of carbonyl (C=O) groups is 1. The van der Waals surface area contributed by atoms with Gasteiger partial charge in [-0.2, -0.15) is 13.2 Å². The van der Waals surface area contributed by atoms with Crippen molar-refractivity contribution in [2.24, 2.45) is 0 Å². The van der Waals surface area contributed by atoms with Gasteiger partial charge in [-0.25, -0.2) is 19.9 Å². The van der Waals surface area contributed by atoms with Crippen LogP contribution in [0.25, 0.3) is 11.3 Å². The molecule has 12 heteroatoms. The van der Waals surface area contributed by atoms with E-state index in [4.69, 9.17) is 0 Å². The number of likely N-dealkylation sites (N-methyl/N-ethyl adjacent to an activating group) is 1. The van der Waals surface area contributed by atoms with Gasteiger partial charge in [0.05, 0.1) is 11.3 Å². The lowest BCUT2D eigenvalue weighted by Gasteiger charge is -2.38. The SMILES string of the molecule is Cc1ccc(NC(=O)c2ccc(CN3CCN(C)C(C)C3)c(C(F)(F)F)c2)cc1Nc1nccc(-c2cncnc2)n1. The number of piperazine rings is 1. The summed E-state index contributed by atoms with van der Waals surface area (Å²) < 4.78 is 42.2. The molecule has 5 rings (SSSR count). The molecule has 1 fully saturated rings. The summed E-state index contributed by atoms with van der Waals surface area (Å²) in [6.45, 7) is 6.24. The first-order valence-electron chi connectivity index (χ1n) is 13.5. The number of hydrogen-bond acceptors (Lipinski definition) is 8. The Bertz CT molecular complexity index is 1560. The Balaban J connectivity index is 1.32. The summed E-state index contributed by atoms with van der Waals surface area (Å²) in [6.07, 6.45) is 1.73. The molecule has 42 heavy (non-hydrogen) atoms. The Labute approximate surface area is 241 Å². The number of nitrogens with one attached hydrogen (secondary N) is 2. The van der Waals surface area contributed by atoms with Gasteiger partial charge >= 0.3 is 6.18 Å². The highest BCUT2D eigenvalue weighted by molar-refractivity contribution is 6.04. The number of benzene rings is 2. The standard InChI is InChI=1S/C30H31F3N8O/c1-19-4-7-24(13-27(19)39-29-36-9-8-26(38-29)23-14-34-18-35-15-23)37-28(42)21-5-6-22(25(12-21)30(31,32)33)17-41-11-10-40(3)20(2)16-41/h4-9,12-15,18,20H,10-11,16-17H2,1-3H3,(H,37,42)(H,36,38,39). The lowest BCUT2D eigenvalue weighted by molar-refractivity contribution is -0.138. The fraction of sp³-hybridized carbons (Fsp3) is 0.300. The Morgan fingerprint density at radius 1 is 1.07 bits per heavy atom. The van der Waals surface area contributed by atoms with Gasteiger partial charge in [0.15, 0.2) is 0 Å². The first-order valence-corrected chi connectivity index (χ1v) is 13.5. The maximum atomic E-state index is 14.1. The number of nitrogens with zero attached hydrogens (tertiary/aromatic N) is 6. The highest BCUT2D eigenvalue weighted by atomic mass is 19.4. The van der Waals surface area contributed by atoms with Crippen molar-refractivity contribution in [3.63, 3.8) is 0 Å². The van der Waals surface area contributed by atoms with E-state index < -0.39 is 17.6 Å². The second-order valence-electron chi connectivity index (χ2n) is 10.4. The summed E-state index contributed by atoms with van der Waals surface area (Å²) in [5, 5.41) is 5.87. The normalized spacial score (nSPS) is 16.3. The summed E-state index contributed by atoms with van der Waals surface area (Å²) in [6, 6.07) is 10.9. The molecule has 1 amide bonds. The number of halogens is 3. The zero-order valence-electron chi connectivity index (χ0n) is 23.5. The van der Waals surface area contributed by atoms with E-state index in [1.54, 1.807) is 42.9 Å². The average Bonchev–Trinajstić information content (AvgIpc) is 2.97. The fourth-order valence-electron chi connectivity index (χ4n) is 4.80. The van der Waals surface area contributed by atoms with Crippen LogP contribution in [0.4, 0.5) is 30.5 Å². The third-order valence-electron chi connectivity index (χ3n) is 7.37. The molecular weight excluding hydrogens is 545 g/mol. The van der Waals surface area contributed by atoms with Crippen LogP contribution in [0.2, 0.25) is 0 Å². The first kappa shape index (κ1) is 29.1. The monoisotopic (exact) mass is 576 g/mol. The number of carbonyl (C=O) groups excluding carboxylic acids is 1. The molecule has 1 atom stereocenters. The molecule has 1 aliphatic heterocycles. The van der Waals surface area contributed by atoms with E-state index in [1.807, 2.05) is 18.9 Å². The minimum absolute atomic E-state index is 0.0750. The van der Waals surface area contributed by atoms with E-state index in [2.05, 4.69) is 42.4 Å². The van der Waals surface area contributed by atoms with Crippen LogP contribution in [0.15, 0.2) is 67.4 Å². The third-order valence-corrected chi connectivity index (χ3v) is 7.37. The van der Waals surface area contributed by atoms with Crippen molar-refractivity contribution in [2.75, 3.05) is 37.3 Å². The van der Waals surface area contributed by atoms with Gasteiger partial charge in [-0.15, -0.1) is 0 Å². The highest BCUT2D eigenvalue weighted by Gasteiger charge is 2.35. The van der Waals surface area contributed by atoms with Crippen molar-refractivity contribution in [2.45, 2.75) is 32.6 Å². The van der Waals surface area contributed by atoms with Gasteiger partial charge in [0.2, 0.25) is 5.95 Å². The van der Waals surface area contributed by atoms with Crippen LogP contribution < -0.4 is 10.6 Å². The minimum Gasteiger partial charge on any atom is -0.324 e. The summed E-state index contributed by atoms with van der Waals surface area (Å²) in [5.74, 6) is -0.319. The smallest absolute Gasteiger partial charge is 0.324 e. The van der Waals surface area contributed by atoms with E-state index in [0.29, 0.717) is 36.1 Å². The number of amides is 1. The molecule has 2 aromatic heterocycles. The molecule has 0 bridgehead atoms. The molecule has 9 nitrogen and oxygen atoms in total. The Kier molecular flexibility index (Phi) is 8.46. The van der Waals surface area contributed by atoms with Crippen LogP contribution in [0, 0.1) is 6.92 Å². The Hall–Kier alpha value is -4.42. The molecule has 1 saturated heterocycles. The molecule has 0 radical (unpaired) electrons. The van der Waals surface area contributed by atoms with Crippen LogP contribution in [0.3, 0.4) is 0 Å². The molecule has 0 saturated carbocycles. The van der Waals surface area contributed by atoms with Gasteiger partial charge in [0, 0.05) is 73.3 Å². The van der Waals surface area contributed by atoms with Crippen molar-refractivity contribution in [1.29, 1.82) is 0 Å². The van der Waals surface area contributed by atoms with Gasteiger partial charge in [0.1, 0.15) is 6.33 Å². The summed E-state index contributed by atoms with van der Waals surface area (Å²) in [5.41, 5.74) is 2.52. The molecule has 3 heterocycles. The lowest BCUT2D eigenvalue weighted by Crippen LogP contribution is -2.49. The quantitative estimate of drug-likeness (QED) is 0.302. The Morgan fingerprint density at radius 3 is 2.60 bits per heavy atom. The zero-order valence-corrected chi connectivity index (χ0v) is 23.5. The number of alkyl halides is 3. The number of aromatic nitrogens is 4. The molecule has 1 unspecified atom stereocenters. The average molecular weight is 577 g/mol. The van der Waals surface area contributed by atoms with Crippen molar-refractivity contribution in [3.05, 3.63) is 89.6 Å². The molecule has 0 aliphatic carbocycles. The van der Waals surface area contributed by atoms with Crippen LogP contribution in [0.1, 0.15) is 34.0 Å². The largest absolute Gasteiger partial charge is 0.416 e. The van der Waals surface area contributed by atoms with Gasteiger partial charge in [-0.05, 0) is 62.4 Å². The number of rotatable bonds is 7. The van der Waals surface area contributed by atoms with Crippen LogP contribution >= 0.6 is 0 Å². The summed E-state index contributed by atoms with van der Waals surface area (Å²) in [7, 11) is 2.01. The van der Waals surface area contributed by atoms with Gasteiger partial charge in [0.25, 0.3) is 5.91 Å². The maximum absolute atomic E-state index is 14.1. The second kappa shape index (κ2) is 12.2. The molecule has 218 valence electrons. The number of anilines is 3.